The Kier molecular flexibility index (Phi) is 5.26. The summed E-state index contributed by atoms with van der Waals surface area (Å²) in [5, 5.41) is 16.7. The Labute approximate surface area is 172 Å². The van der Waals surface area contributed by atoms with Crippen molar-refractivity contribution in [3.05, 3.63) is 59.4 Å². The van der Waals surface area contributed by atoms with E-state index in [1.807, 2.05) is 63.2 Å². The predicted molar refractivity (Wildman–Crippen MR) is 114 cm³/mol. The minimum Gasteiger partial charge on any atom is -0.484 e. The first-order chi connectivity index (χ1) is 14.0. The molecule has 4 rings (SSSR count). The molecule has 0 aliphatic rings. The Morgan fingerprint density at radius 3 is 2.69 bits per heavy atom. The summed E-state index contributed by atoms with van der Waals surface area (Å²) in [4.78, 5) is 13.1. The first-order valence-corrected chi connectivity index (χ1v) is 10.2. The van der Waals surface area contributed by atoms with Gasteiger partial charge in [-0.3, -0.25) is 4.79 Å². The second-order valence-corrected chi connectivity index (χ2v) is 7.71. The average Bonchev–Trinajstić information content (AvgIpc) is 3.30. The molecule has 8 heteroatoms. The number of nitrogens with one attached hydrogen (secondary N) is 1. The Morgan fingerprint density at radius 1 is 1.14 bits per heavy atom. The zero-order chi connectivity index (χ0) is 20.4. The molecule has 0 saturated heterocycles. The molecule has 0 aliphatic carbocycles. The van der Waals surface area contributed by atoms with Crippen molar-refractivity contribution in [1.82, 2.24) is 19.8 Å². The Bertz CT molecular complexity index is 1160. The van der Waals surface area contributed by atoms with Gasteiger partial charge < -0.3 is 10.1 Å². The van der Waals surface area contributed by atoms with Gasteiger partial charge in [0.05, 0.1) is 0 Å². The Balaban J connectivity index is 1.49. The van der Waals surface area contributed by atoms with Gasteiger partial charge in [0.15, 0.2) is 12.4 Å². The van der Waals surface area contributed by atoms with E-state index in [1.54, 1.807) is 4.52 Å². The van der Waals surface area contributed by atoms with E-state index in [1.165, 1.54) is 11.3 Å². The lowest BCUT2D eigenvalue weighted by molar-refractivity contribution is -0.118. The smallest absolute Gasteiger partial charge is 0.262 e. The van der Waals surface area contributed by atoms with E-state index in [-0.39, 0.29) is 12.5 Å². The molecule has 1 N–H and O–H groups in total. The molecule has 2 heterocycles. The number of nitrogens with zero attached hydrogens (tertiary/aromatic N) is 4. The van der Waals surface area contributed by atoms with E-state index in [9.17, 15) is 4.79 Å². The van der Waals surface area contributed by atoms with Crippen LogP contribution in [0.4, 0.5) is 5.69 Å². The van der Waals surface area contributed by atoms with Crippen molar-refractivity contribution in [2.75, 3.05) is 11.9 Å². The maximum atomic E-state index is 12.4. The first kappa shape index (κ1) is 19.1. The highest BCUT2D eigenvalue weighted by Crippen LogP contribution is 2.29. The van der Waals surface area contributed by atoms with Crippen LogP contribution in [-0.2, 0) is 11.2 Å². The highest BCUT2D eigenvalue weighted by molar-refractivity contribution is 7.19. The molecular weight excluding hydrogens is 386 g/mol. The molecule has 29 heavy (non-hydrogen) atoms. The van der Waals surface area contributed by atoms with Crippen molar-refractivity contribution in [2.45, 2.75) is 27.2 Å². The van der Waals surface area contributed by atoms with Gasteiger partial charge in [-0.1, -0.05) is 48.1 Å². The number of benzene rings is 2. The molecule has 0 bridgehead atoms. The van der Waals surface area contributed by atoms with Gasteiger partial charge in [0.1, 0.15) is 10.8 Å². The van der Waals surface area contributed by atoms with Crippen LogP contribution in [0.3, 0.4) is 0 Å². The summed E-state index contributed by atoms with van der Waals surface area (Å²) in [6.45, 7) is 5.93. The van der Waals surface area contributed by atoms with Crippen LogP contribution in [0.15, 0.2) is 42.5 Å². The van der Waals surface area contributed by atoms with Crippen LogP contribution >= 0.6 is 11.3 Å². The van der Waals surface area contributed by atoms with Gasteiger partial charge in [-0.05, 0) is 37.6 Å². The molecule has 0 fully saturated rings. The quantitative estimate of drug-likeness (QED) is 0.521. The fraction of sp³-hybridized carbons (Fsp3) is 0.238. The van der Waals surface area contributed by atoms with E-state index < -0.39 is 0 Å². The molecule has 0 spiro atoms. The second kappa shape index (κ2) is 8.00. The van der Waals surface area contributed by atoms with Gasteiger partial charge >= 0.3 is 0 Å². The third-order valence-corrected chi connectivity index (χ3v) is 5.47. The van der Waals surface area contributed by atoms with Gasteiger partial charge in [0.2, 0.25) is 4.96 Å². The lowest BCUT2D eigenvalue weighted by atomic mass is 10.1. The molecule has 148 valence electrons. The molecular formula is C21H21N5O2S. The molecule has 0 radical (unpaired) electrons. The Morgan fingerprint density at radius 2 is 1.93 bits per heavy atom. The number of ether oxygens (including phenoxy) is 1. The maximum absolute atomic E-state index is 12.4. The minimum absolute atomic E-state index is 0.0522. The molecule has 0 aliphatic heterocycles. The highest BCUT2D eigenvalue weighted by Gasteiger charge is 2.14. The van der Waals surface area contributed by atoms with Gasteiger partial charge in [-0.15, -0.1) is 10.2 Å². The molecule has 0 saturated carbocycles. The normalized spacial score (nSPS) is 11.0. The van der Waals surface area contributed by atoms with Crippen LogP contribution in [0.25, 0.3) is 15.5 Å². The monoisotopic (exact) mass is 407 g/mol. The predicted octanol–water partition coefficient (Wildman–Crippen LogP) is 4.05. The second-order valence-electron chi connectivity index (χ2n) is 6.75. The standard InChI is InChI=1S/C21H21N5O2S/c1-4-18-23-24-21-26(18)25-20(29-21)15-8-7-14(3)17(11-15)22-19(27)12-28-16-9-5-13(2)6-10-16/h5-11H,4,12H2,1-3H3,(H,22,27). The average molecular weight is 407 g/mol. The van der Waals surface area contributed by atoms with Crippen molar-refractivity contribution < 1.29 is 9.53 Å². The highest BCUT2D eigenvalue weighted by atomic mass is 32.1. The number of carbonyl (C=O) groups excluding carboxylic acids is 1. The van der Waals surface area contributed by atoms with E-state index in [2.05, 4.69) is 20.6 Å². The van der Waals surface area contributed by atoms with Crippen molar-refractivity contribution in [3.63, 3.8) is 0 Å². The number of fused-ring (bicyclic) bond motifs is 1. The summed E-state index contributed by atoms with van der Waals surface area (Å²) in [6.07, 6.45) is 0.764. The third kappa shape index (κ3) is 4.12. The summed E-state index contributed by atoms with van der Waals surface area (Å²) in [7, 11) is 0. The van der Waals surface area contributed by atoms with E-state index in [0.29, 0.717) is 5.75 Å². The Hall–Kier alpha value is -3.26. The van der Waals surface area contributed by atoms with Crippen molar-refractivity contribution in [3.8, 4) is 16.3 Å². The first-order valence-electron chi connectivity index (χ1n) is 9.35. The molecule has 0 atom stereocenters. The van der Waals surface area contributed by atoms with E-state index in [0.717, 1.165) is 44.6 Å². The molecule has 7 nitrogen and oxygen atoms in total. The number of amides is 1. The summed E-state index contributed by atoms with van der Waals surface area (Å²) in [5.74, 6) is 1.29. The van der Waals surface area contributed by atoms with Crippen LogP contribution in [0.2, 0.25) is 0 Å². The van der Waals surface area contributed by atoms with Gasteiger partial charge in [-0.25, -0.2) is 0 Å². The number of rotatable bonds is 6. The van der Waals surface area contributed by atoms with E-state index >= 15 is 0 Å². The van der Waals surface area contributed by atoms with Crippen LogP contribution in [-0.4, -0.2) is 32.3 Å². The van der Waals surface area contributed by atoms with Crippen molar-refractivity contribution >= 4 is 27.9 Å². The summed E-state index contributed by atoms with van der Waals surface area (Å²) < 4.78 is 7.34. The van der Waals surface area contributed by atoms with E-state index in [4.69, 9.17) is 4.74 Å². The van der Waals surface area contributed by atoms with Crippen LogP contribution in [0.5, 0.6) is 5.75 Å². The minimum atomic E-state index is -0.211. The molecule has 4 aromatic rings. The fourth-order valence-electron chi connectivity index (χ4n) is 2.85. The molecule has 1 amide bonds. The van der Waals surface area contributed by atoms with Crippen molar-refractivity contribution in [1.29, 1.82) is 0 Å². The zero-order valence-electron chi connectivity index (χ0n) is 16.5. The number of hydrogen-bond donors (Lipinski definition) is 1. The molecule has 2 aromatic carbocycles. The summed E-state index contributed by atoms with van der Waals surface area (Å²) in [5.41, 5.74) is 3.77. The topological polar surface area (TPSA) is 81.4 Å². The lowest BCUT2D eigenvalue weighted by Gasteiger charge is -2.11. The van der Waals surface area contributed by atoms with Crippen molar-refractivity contribution in [2.24, 2.45) is 0 Å². The summed E-state index contributed by atoms with van der Waals surface area (Å²) >= 11 is 1.47. The number of aromatic nitrogens is 4. The van der Waals surface area contributed by atoms with Crippen LogP contribution in [0, 0.1) is 13.8 Å². The number of aryl methyl sites for hydroxylation is 3. The zero-order valence-corrected chi connectivity index (χ0v) is 17.3. The van der Waals surface area contributed by atoms with Crippen LogP contribution < -0.4 is 10.1 Å². The number of carbonyl (C=O) groups is 1. The van der Waals surface area contributed by atoms with Gasteiger partial charge in [0.25, 0.3) is 5.91 Å². The summed E-state index contributed by atoms with van der Waals surface area (Å²) in [6, 6.07) is 13.5. The fourth-order valence-corrected chi connectivity index (χ4v) is 3.71. The number of anilines is 1. The molecule has 2 aromatic heterocycles. The maximum Gasteiger partial charge on any atom is 0.262 e. The SMILES string of the molecule is CCc1nnc2sc(-c3ccc(C)c(NC(=O)COc4ccc(C)cc4)c3)nn12. The van der Waals surface area contributed by atoms with Gasteiger partial charge in [0, 0.05) is 17.7 Å². The third-order valence-electron chi connectivity index (χ3n) is 4.52. The van der Waals surface area contributed by atoms with Gasteiger partial charge in [-0.2, -0.15) is 9.61 Å². The lowest BCUT2D eigenvalue weighted by Crippen LogP contribution is -2.20. The van der Waals surface area contributed by atoms with Crippen LogP contribution in [0.1, 0.15) is 23.9 Å². The largest absolute Gasteiger partial charge is 0.484 e. The number of hydrogen-bond acceptors (Lipinski definition) is 6. The molecule has 0 unspecified atom stereocenters.